The molecule has 3 aromatic carbocycles. The van der Waals surface area contributed by atoms with Crippen LogP contribution in [0.25, 0.3) is 6.08 Å². The number of rotatable bonds is 14. The van der Waals surface area contributed by atoms with Gasteiger partial charge in [0.2, 0.25) is 0 Å². The molecule has 0 saturated heterocycles. The molecule has 0 aliphatic carbocycles. The van der Waals surface area contributed by atoms with E-state index in [-0.39, 0.29) is 36.7 Å². The van der Waals surface area contributed by atoms with E-state index >= 15 is 0 Å². The van der Waals surface area contributed by atoms with Crippen molar-refractivity contribution < 1.29 is 50.8 Å². The molecule has 0 aromatic heterocycles. The van der Waals surface area contributed by atoms with Gasteiger partial charge in [-0.15, -0.1) is 0 Å². The third-order valence-electron chi connectivity index (χ3n) is 5.89. The highest BCUT2D eigenvalue weighted by Gasteiger charge is 2.34. The number of carbonyl (C=O) groups excluding carboxylic acids is 1. The van der Waals surface area contributed by atoms with Crippen LogP contribution in [0.15, 0.2) is 72.8 Å². The molecule has 3 aromatic rings. The van der Waals surface area contributed by atoms with Crippen LogP contribution in [0.3, 0.4) is 0 Å². The summed E-state index contributed by atoms with van der Waals surface area (Å²) in [6.45, 7) is 3.12. The van der Waals surface area contributed by atoms with E-state index in [2.05, 4.69) is 6.92 Å². The van der Waals surface area contributed by atoms with Crippen LogP contribution in [0.5, 0.6) is 11.5 Å². The molecule has 0 saturated carbocycles. The second kappa shape index (κ2) is 14.4. The number of nitro benzene ring substituents is 2. The van der Waals surface area contributed by atoms with Crippen molar-refractivity contribution in [3.8, 4) is 11.5 Å². The second-order valence-electron chi connectivity index (χ2n) is 9.20. The Kier molecular flexibility index (Phi) is 10.9. The van der Waals surface area contributed by atoms with Crippen molar-refractivity contribution in [2.24, 2.45) is 0 Å². The molecule has 0 aliphatic heterocycles. The predicted molar refractivity (Wildman–Crippen MR) is 146 cm³/mol. The van der Waals surface area contributed by atoms with Gasteiger partial charge in [-0.2, -0.15) is 22.0 Å². The van der Waals surface area contributed by atoms with Crippen molar-refractivity contribution in [1.82, 2.24) is 0 Å². The summed E-state index contributed by atoms with van der Waals surface area (Å²) >= 11 is 0. The van der Waals surface area contributed by atoms with Crippen LogP contribution in [0.1, 0.15) is 35.4 Å². The van der Waals surface area contributed by atoms with Crippen molar-refractivity contribution in [2.45, 2.75) is 31.0 Å². The molecule has 0 spiro atoms. The maximum atomic E-state index is 14.6. The van der Waals surface area contributed by atoms with Crippen LogP contribution in [-0.2, 0) is 15.6 Å². The summed E-state index contributed by atoms with van der Waals surface area (Å²) < 4.78 is 80.8. The normalized spacial score (nSPS) is 12.5. The Morgan fingerprint density at radius 1 is 0.909 bits per heavy atom. The molecule has 0 heterocycles. The van der Waals surface area contributed by atoms with Gasteiger partial charge in [0, 0.05) is 30.0 Å². The molecule has 0 N–H and O–H groups in total. The molecule has 44 heavy (non-hydrogen) atoms. The minimum absolute atomic E-state index is 0.0360. The largest absolute Gasteiger partial charge is 0.494 e. The van der Waals surface area contributed by atoms with Gasteiger partial charge in [-0.25, -0.2) is 4.79 Å². The van der Waals surface area contributed by atoms with Crippen LogP contribution in [0, 0.1) is 27.2 Å². The molecule has 15 heteroatoms. The zero-order valence-electron chi connectivity index (χ0n) is 22.7. The van der Waals surface area contributed by atoms with E-state index < -0.39 is 57.4 Å². The van der Waals surface area contributed by atoms with Crippen molar-refractivity contribution in [1.29, 1.82) is 0 Å². The molecule has 0 fully saturated rings. The zero-order chi connectivity index (χ0) is 32.5. The van der Waals surface area contributed by atoms with E-state index in [4.69, 9.17) is 14.2 Å². The molecule has 10 nitrogen and oxygen atoms in total. The fourth-order valence-corrected chi connectivity index (χ4v) is 3.70. The molecule has 0 bridgehead atoms. The smallest absolute Gasteiger partial charge is 0.426 e. The monoisotopic (exact) mass is 623 g/mol. The van der Waals surface area contributed by atoms with Crippen molar-refractivity contribution in [3.05, 3.63) is 117 Å². The maximum absolute atomic E-state index is 14.6. The minimum atomic E-state index is -4.31. The zero-order valence-corrected chi connectivity index (χ0v) is 22.7. The van der Waals surface area contributed by atoms with E-state index in [9.17, 15) is 47.0 Å². The Balaban J connectivity index is 1.52. The molecule has 1 radical (unpaired) electrons. The number of nitro groups is 2. The lowest BCUT2D eigenvalue weighted by atomic mass is 9.99. The average molecular weight is 624 g/mol. The lowest BCUT2D eigenvalue weighted by molar-refractivity contribution is -0.394. The summed E-state index contributed by atoms with van der Waals surface area (Å²) in [7, 11) is 0. The van der Waals surface area contributed by atoms with Crippen LogP contribution in [-0.4, -0.2) is 35.2 Å². The van der Waals surface area contributed by atoms with Gasteiger partial charge in [-0.1, -0.05) is 12.1 Å². The number of alkyl halides is 5. The van der Waals surface area contributed by atoms with E-state index in [0.29, 0.717) is 5.56 Å². The van der Waals surface area contributed by atoms with Crippen molar-refractivity contribution >= 4 is 23.4 Å². The van der Waals surface area contributed by atoms with Crippen molar-refractivity contribution in [2.75, 3.05) is 13.2 Å². The maximum Gasteiger partial charge on any atom is 0.426 e. The minimum Gasteiger partial charge on any atom is -0.494 e. The molecular formula is C29H24F5N2O8. The SMILES string of the molecule is [CH2]C(COC(=O)/C=C/c1ccc(OC(F)(F)c2ccc(OCCCC(F)(F)F)cc2)cc1)c1ccc([N+](=O)[O-])cc1[N+](=O)[O-]. The third-order valence-corrected chi connectivity index (χ3v) is 5.89. The van der Waals surface area contributed by atoms with Gasteiger partial charge in [-0.3, -0.25) is 20.2 Å². The Bertz CT molecular complexity index is 1490. The van der Waals surface area contributed by atoms with Gasteiger partial charge in [0.15, 0.2) is 0 Å². The number of carbonyl (C=O) groups is 1. The summed E-state index contributed by atoms with van der Waals surface area (Å²) in [5.41, 5.74) is -1.08. The van der Waals surface area contributed by atoms with E-state index in [1.54, 1.807) is 0 Å². The molecule has 233 valence electrons. The number of hydrogen-bond acceptors (Lipinski definition) is 8. The van der Waals surface area contributed by atoms with Crippen LogP contribution in [0.2, 0.25) is 0 Å². The predicted octanol–water partition coefficient (Wildman–Crippen LogP) is 7.53. The molecule has 0 amide bonds. The number of ether oxygens (including phenoxy) is 3. The van der Waals surface area contributed by atoms with E-state index in [0.717, 1.165) is 30.3 Å². The Hall–Kier alpha value is -5.08. The first-order chi connectivity index (χ1) is 20.6. The fraction of sp³-hybridized carbons (Fsp3) is 0.241. The Morgan fingerprint density at radius 3 is 2.14 bits per heavy atom. The Labute approximate surface area is 247 Å². The second-order valence-corrected chi connectivity index (χ2v) is 9.20. The summed E-state index contributed by atoms with van der Waals surface area (Å²) in [6, 6.07) is 12.7. The first-order valence-electron chi connectivity index (χ1n) is 12.7. The molecule has 0 aliphatic rings. The number of non-ortho nitro benzene ring substituents is 1. The summed E-state index contributed by atoms with van der Waals surface area (Å²) in [5.74, 6) is -1.81. The number of halogens is 5. The first-order valence-corrected chi connectivity index (χ1v) is 12.7. The van der Waals surface area contributed by atoms with Gasteiger partial charge in [0.25, 0.3) is 11.4 Å². The van der Waals surface area contributed by atoms with Gasteiger partial charge < -0.3 is 14.2 Å². The molecule has 1 atom stereocenters. The molecule has 3 rings (SSSR count). The summed E-state index contributed by atoms with van der Waals surface area (Å²) in [5, 5.41) is 22.2. The third kappa shape index (κ3) is 10.0. The van der Waals surface area contributed by atoms with Gasteiger partial charge in [0.1, 0.15) is 11.5 Å². The van der Waals surface area contributed by atoms with Gasteiger partial charge >= 0.3 is 18.3 Å². The number of benzene rings is 3. The van der Waals surface area contributed by atoms with E-state index in [1.165, 1.54) is 48.5 Å². The number of nitrogens with zero attached hydrogens (tertiary/aromatic N) is 2. The number of esters is 1. The molecular weight excluding hydrogens is 599 g/mol. The van der Waals surface area contributed by atoms with Gasteiger partial charge in [0.05, 0.1) is 34.7 Å². The van der Waals surface area contributed by atoms with Gasteiger partial charge in [-0.05, 0) is 67.4 Å². The fourth-order valence-electron chi connectivity index (χ4n) is 3.70. The highest BCUT2D eigenvalue weighted by molar-refractivity contribution is 5.87. The molecule has 1 unspecified atom stereocenters. The lowest BCUT2D eigenvalue weighted by Gasteiger charge is -2.18. The van der Waals surface area contributed by atoms with Crippen LogP contribution >= 0.6 is 0 Å². The van der Waals surface area contributed by atoms with E-state index in [1.807, 2.05) is 0 Å². The van der Waals surface area contributed by atoms with Crippen molar-refractivity contribution in [3.63, 3.8) is 0 Å². The summed E-state index contributed by atoms with van der Waals surface area (Å²) in [6.07, 6.45) is -6.99. The quantitative estimate of drug-likeness (QED) is 0.0450. The average Bonchev–Trinajstić information content (AvgIpc) is 2.97. The topological polar surface area (TPSA) is 131 Å². The Morgan fingerprint density at radius 2 is 1.55 bits per heavy atom. The van der Waals surface area contributed by atoms with Crippen LogP contribution in [0.4, 0.5) is 33.3 Å². The highest BCUT2D eigenvalue weighted by atomic mass is 19.4. The summed E-state index contributed by atoms with van der Waals surface area (Å²) in [4.78, 5) is 32.7. The van der Waals surface area contributed by atoms with Crippen LogP contribution < -0.4 is 9.47 Å². The number of hydrogen-bond donors (Lipinski definition) is 0. The first kappa shape index (κ1) is 33.4. The lowest BCUT2D eigenvalue weighted by Crippen LogP contribution is -2.21. The highest BCUT2D eigenvalue weighted by Crippen LogP contribution is 2.33. The standard InChI is InChI=1S/C29H24F5N2O8/c1-19(25-13-8-22(35(38)39)17-26(25)36(40)41)18-43-27(37)14-5-20-3-9-24(10-4-20)44-29(33,34)21-6-11-23(12-7-21)42-16-2-15-28(30,31)32/h3-14,17,19H,1-2,15-16,18H2/b14-5+.